The second-order valence-corrected chi connectivity index (χ2v) is 8.41. The van der Waals surface area contributed by atoms with Crippen LogP contribution < -0.4 is 5.32 Å². The van der Waals surface area contributed by atoms with Crippen LogP contribution in [-0.4, -0.2) is 23.9 Å². The van der Waals surface area contributed by atoms with E-state index >= 15 is 0 Å². The Morgan fingerprint density at radius 1 is 1.07 bits per heavy atom. The number of carbonyl (C=O) groups is 1. The van der Waals surface area contributed by atoms with Gasteiger partial charge in [0.15, 0.2) is 27.4 Å². The third-order valence-electron chi connectivity index (χ3n) is 3.28. The van der Waals surface area contributed by atoms with Crippen molar-refractivity contribution in [1.82, 2.24) is 9.59 Å². The van der Waals surface area contributed by atoms with Crippen molar-refractivity contribution in [1.29, 1.82) is 0 Å². The quantitative estimate of drug-likeness (QED) is 0.634. The van der Waals surface area contributed by atoms with Gasteiger partial charge in [-0.2, -0.15) is 0 Å². The van der Waals surface area contributed by atoms with Crippen LogP contribution in [0.15, 0.2) is 45.5 Å². The number of benzene rings is 2. The summed E-state index contributed by atoms with van der Waals surface area (Å²) in [5.41, 5.74) is -0.987. The Hall–Kier alpha value is -2.50. The van der Waals surface area contributed by atoms with Crippen LogP contribution in [-0.2, 0) is 9.84 Å². The topological polar surface area (TPSA) is 89.0 Å². The Labute approximate surface area is 159 Å². The number of anilines is 1. The molecule has 2 aromatic carbocycles. The highest BCUT2D eigenvalue weighted by Gasteiger charge is 2.29. The van der Waals surface area contributed by atoms with Gasteiger partial charge < -0.3 is 5.32 Å². The van der Waals surface area contributed by atoms with E-state index in [-0.39, 0.29) is 4.90 Å². The molecule has 0 aliphatic rings. The van der Waals surface area contributed by atoms with Crippen molar-refractivity contribution in [3.63, 3.8) is 0 Å². The molecule has 6 nitrogen and oxygen atoms in total. The lowest BCUT2D eigenvalue weighted by atomic mass is 10.2. The van der Waals surface area contributed by atoms with Crippen molar-refractivity contribution < 1.29 is 26.4 Å². The van der Waals surface area contributed by atoms with Gasteiger partial charge in [0, 0.05) is 34.4 Å². The maximum atomic E-state index is 13.3. The second kappa shape index (κ2) is 7.25. The van der Waals surface area contributed by atoms with Crippen LogP contribution in [0.5, 0.6) is 0 Å². The molecule has 0 unspecified atom stereocenters. The van der Waals surface area contributed by atoms with Crippen LogP contribution in [0, 0.1) is 17.5 Å². The molecule has 0 spiro atoms. The Kier molecular flexibility index (Phi) is 5.18. The number of halogens is 4. The zero-order valence-corrected chi connectivity index (χ0v) is 15.3. The number of aromatic nitrogens is 2. The number of carbonyl (C=O) groups excluding carboxylic acids is 1. The minimum Gasteiger partial charge on any atom is -0.320 e. The van der Waals surface area contributed by atoms with E-state index in [0.717, 1.165) is 0 Å². The highest BCUT2D eigenvalue weighted by molar-refractivity contribution is 7.93. The van der Waals surface area contributed by atoms with Gasteiger partial charge >= 0.3 is 0 Å². The summed E-state index contributed by atoms with van der Waals surface area (Å²) >= 11 is 6.18. The maximum Gasteiger partial charge on any atom is 0.278 e. The highest BCUT2D eigenvalue weighted by Crippen LogP contribution is 2.28. The fraction of sp³-hybridized carbons (Fsp3) is 0. The highest BCUT2D eigenvalue weighted by atomic mass is 35.5. The van der Waals surface area contributed by atoms with Crippen LogP contribution in [0.2, 0.25) is 5.02 Å². The summed E-state index contributed by atoms with van der Waals surface area (Å²) in [6.07, 6.45) is 0. The summed E-state index contributed by atoms with van der Waals surface area (Å²) < 4.78 is 67.8. The SMILES string of the molecule is O=C(Nc1cc(F)c(F)c(F)c1)c1nnsc1S(=O)(=O)c1ccc(Cl)cc1. The molecule has 0 fully saturated rings. The summed E-state index contributed by atoms with van der Waals surface area (Å²) in [4.78, 5) is 12.2. The Morgan fingerprint density at radius 2 is 1.67 bits per heavy atom. The van der Waals surface area contributed by atoms with Crippen molar-refractivity contribution in [2.24, 2.45) is 0 Å². The predicted octanol–water partition coefficient (Wildman–Crippen LogP) is 3.69. The van der Waals surface area contributed by atoms with Crippen molar-refractivity contribution >= 4 is 44.6 Å². The predicted molar refractivity (Wildman–Crippen MR) is 91.1 cm³/mol. The van der Waals surface area contributed by atoms with Crippen LogP contribution in [0.25, 0.3) is 0 Å². The molecular formula is C15H7ClF3N3O3S2. The normalized spacial score (nSPS) is 11.4. The van der Waals surface area contributed by atoms with Gasteiger partial charge in [0.05, 0.1) is 4.90 Å². The molecule has 1 amide bonds. The van der Waals surface area contributed by atoms with Crippen molar-refractivity contribution in [2.45, 2.75) is 9.10 Å². The maximum absolute atomic E-state index is 13.3. The zero-order chi connectivity index (χ0) is 19.8. The van der Waals surface area contributed by atoms with E-state index in [1.165, 1.54) is 24.3 Å². The van der Waals surface area contributed by atoms with Gasteiger partial charge in [-0.25, -0.2) is 21.6 Å². The Morgan fingerprint density at radius 3 is 2.26 bits per heavy atom. The van der Waals surface area contributed by atoms with Crippen molar-refractivity contribution in [3.8, 4) is 0 Å². The summed E-state index contributed by atoms with van der Waals surface area (Å²) in [7, 11) is -4.14. The zero-order valence-electron chi connectivity index (χ0n) is 12.9. The van der Waals surface area contributed by atoms with Gasteiger partial charge in [-0.1, -0.05) is 16.1 Å². The van der Waals surface area contributed by atoms with Crippen LogP contribution in [0.4, 0.5) is 18.9 Å². The largest absolute Gasteiger partial charge is 0.320 e. The van der Waals surface area contributed by atoms with E-state index in [0.29, 0.717) is 28.7 Å². The molecule has 0 bridgehead atoms. The molecule has 12 heteroatoms. The number of hydrogen-bond donors (Lipinski definition) is 1. The molecular weight excluding hydrogens is 427 g/mol. The van der Waals surface area contributed by atoms with E-state index in [4.69, 9.17) is 11.6 Å². The summed E-state index contributed by atoms with van der Waals surface area (Å²) in [5.74, 6) is -5.82. The Balaban J connectivity index is 1.95. The number of amides is 1. The number of sulfone groups is 1. The molecule has 1 heterocycles. The van der Waals surface area contributed by atoms with E-state index < -0.39 is 48.8 Å². The Bertz CT molecular complexity index is 1110. The molecule has 0 aliphatic heterocycles. The minimum atomic E-state index is -4.14. The second-order valence-electron chi connectivity index (χ2n) is 5.07. The first kappa shape index (κ1) is 19.3. The molecule has 1 aromatic heterocycles. The molecule has 140 valence electrons. The number of nitrogens with one attached hydrogen (secondary N) is 1. The lowest BCUT2D eigenvalue weighted by molar-refractivity contribution is 0.101. The van der Waals surface area contributed by atoms with Crippen LogP contribution in [0.3, 0.4) is 0 Å². The van der Waals surface area contributed by atoms with Gasteiger partial charge in [0.2, 0.25) is 9.84 Å². The van der Waals surface area contributed by atoms with E-state index in [9.17, 15) is 26.4 Å². The van der Waals surface area contributed by atoms with Gasteiger partial charge in [0.1, 0.15) is 0 Å². The summed E-state index contributed by atoms with van der Waals surface area (Å²) in [5, 5.41) is 5.85. The third kappa shape index (κ3) is 3.80. The first-order valence-electron chi connectivity index (χ1n) is 6.99. The van der Waals surface area contributed by atoms with Crippen molar-refractivity contribution in [3.05, 3.63) is 64.6 Å². The third-order valence-corrected chi connectivity index (χ3v) is 6.51. The first-order chi connectivity index (χ1) is 12.7. The molecule has 3 rings (SSSR count). The molecule has 0 saturated carbocycles. The number of nitrogens with zero attached hydrogens (tertiary/aromatic N) is 2. The smallest absolute Gasteiger partial charge is 0.278 e. The lowest BCUT2D eigenvalue weighted by Crippen LogP contribution is -2.16. The molecule has 3 aromatic rings. The standard InChI is InChI=1S/C15H7ClF3N3O3S2/c16-7-1-3-9(4-2-7)27(24,25)15-13(21-22-26-15)14(23)20-8-5-10(17)12(19)11(18)6-8/h1-6H,(H,20,23). The van der Waals surface area contributed by atoms with Crippen molar-refractivity contribution in [2.75, 3.05) is 5.32 Å². The summed E-state index contributed by atoms with van der Waals surface area (Å²) in [6, 6.07) is 6.28. The fourth-order valence-corrected chi connectivity index (χ4v) is 4.46. The molecule has 1 N–H and O–H groups in total. The van der Waals surface area contributed by atoms with Gasteiger partial charge in [-0.3, -0.25) is 4.79 Å². The number of hydrogen-bond acceptors (Lipinski definition) is 6. The monoisotopic (exact) mass is 433 g/mol. The molecule has 27 heavy (non-hydrogen) atoms. The van der Waals surface area contributed by atoms with E-state index in [1.807, 2.05) is 0 Å². The van der Waals surface area contributed by atoms with E-state index in [2.05, 4.69) is 14.9 Å². The fourth-order valence-electron chi connectivity index (χ4n) is 2.04. The van der Waals surface area contributed by atoms with Crippen LogP contribution in [0.1, 0.15) is 10.5 Å². The molecule has 0 radical (unpaired) electrons. The first-order valence-corrected chi connectivity index (χ1v) is 9.62. The van der Waals surface area contributed by atoms with Gasteiger partial charge in [0.25, 0.3) is 5.91 Å². The average Bonchev–Trinajstić information content (AvgIpc) is 3.11. The molecule has 0 atom stereocenters. The van der Waals surface area contributed by atoms with E-state index in [1.54, 1.807) is 0 Å². The number of rotatable bonds is 4. The van der Waals surface area contributed by atoms with Gasteiger partial charge in [-0.15, -0.1) is 5.10 Å². The van der Waals surface area contributed by atoms with Gasteiger partial charge in [-0.05, 0) is 24.3 Å². The lowest BCUT2D eigenvalue weighted by Gasteiger charge is -2.07. The van der Waals surface area contributed by atoms with Crippen LogP contribution >= 0.6 is 23.1 Å². The summed E-state index contributed by atoms with van der Waals surface area (Å²) in [6.45, 7) is 0. The molecule has 0 aliphatic carbocycles. The molecule has 0 saturated heterocycles. The minimum absolute atomic E-state index is 0.147. The average molecular weight is 434 g/mol.